The Bertz CT molecular complexity index is 927. The minimum absolute atomic E-state index is 0.653. The Labute approximate surface area is 184 Å². The molecule has 0 amide bonds. The first-order chi connectivity index (χ1) is 15.2. The first kappa shape index (κ1) is 22.8. The summed E-state index contributed by atoms with van der Waals surface area (Å²) >= 11 is 0. The molecular weight excluding hydrogens is 392 g/mol. The predicted molar refractivity (Wildman–Crippen MR) is 125 cm³/mol. The van der Waals surface area contributed by atoms with E-state index in [1.54, 1.807) is 21.3 Å². The van der Waals surface area contributed by atoms with E-state index in [9.17, 15) is 0 Å². The quantitative estimate of drug-likeness (QED) is 0.321. The van der Waals surface area contributed by atoms with E-state index < -0.39 is 0 Å². The molecule has 6 heteroatoms. The second-order valence-electron chi connectivity index (χ2n) is 7.65. The highest BCUT2D eigenvalue weighted by atomic mass is 16.5. The second kappa shape index (κ2) is 11.5. The molecule has 0 bridgehead atoms. The summed E-state index contributed by atoms with van der Waals surface area (Å²) in [5.41, 5.74) is 2.62. The number of imidazole rings is 1. The fraction of sp³-hybridized carbons (Fsp3) is 0.480. The lowest BCUT2D eigenvalue weighted by Gasteiger charge is -2.11. The molecule has 3 rings (SSSR count). The highest BCUT2D eigenvalue weighted by Gasteiger charge is 2.13. The molecule has 31 heavy (non-hydrogen) atoms. The van der Waals surface area contributed by atoms with Crippen LogP contribution in [0.5, 0.6) is 23.0 Å². The van der Waals surface area contributed by atoms with Crippen molar-refractivity contribution in [1.29, 1.82) is 0 Å². The number of rotatable bonds is 13. The summed E-state index contributed by atoms with van der Waals surface area (Å²) in [6.07, 6.45) is 8.83. The number of H-pyrrole nitrogens is 1. The molecule has 0 aliphatic heterocycles. The van der Waals surface area contributed by atoms with E-state index >= 15 is 0 Å². The van der Waals surface area contributed by atoms with Crippen LogP contribution in [0.1, 0.15) is 51.9 Å². The Morgan fingerprint density at radius 1 is 0.742 bits per heavy atom. The summed E-state index contributed by atoms with van der Waals surface area (Å²) in [6.45, 7) is 2.95. The van der Waals surface area contributed by atoms with Crippen molar-refractivity contribution in [2.45, 2.75) is 51.9 Å². The van der Waals surface area contributed by atoms with E-state index in [2.05, 4.69) is 11.9 Å². The third-order valence-electron chi connectivity index (χ3n) is 5.43. The fourth-order valence-electron chi connectivity index (χ4n) is 3.65. The molecule has 3 aromatic rings. The summed E-state index contributed by atoms with van der Waals surface area (Å²) in [7, 11) is 4.90. The van der Waals surface area contributed by atoms with E-state index in [1.165, 1.54) is 38.5 Å². The summed E-state index contributed by atoms with van der Waals surface area (Å²) < 4.78 is 22.3. The first-order valence-corrected chi connectivity index (χ1v) is 11.1. The monoisotopic (exact) mass is 426 g/mol. The van der Waals surface area contributed by atoms with Gasteiger partial charge >= 0.3 is 0 Å². The zero-order valence-electron chi connectivity index (χ0n) is 19.1. The van der Waals surface area contributed by atoms with Gasteiger partial charge in [0.2, 0.25) is 0 Å². The Balaban J connectivity index is 1.65. The van der Waals surface area contributed by atoms with Gasteiger partial charge in [-0.3, -0.25) is 0 Å². The van der Waals surface area contributed by atoms with Crippen LogP contribution in [0, 0.1) is 0 Å². The Kier molecular flexibility index (Phi) is 8.44. The molecule has 0 atom stereocenters. The van der Waals surface area contributed by atoms with Crippen molar-refractivity contribution in [2.24, 2.45) is 0 Å². The Morgan fingerprint density at radius 3 is 2.10 bits per heavy atom. The molecule has 6 nitrogen and oxygen atoms in total. The van der Waals surface area contributed by atoms with E-state index in [-0.39, 0.29) is 0 Å². The summed E-state index contributed by atoms with van der Waals surface area (Å²) in [5.74, 6) is 3.53. The zero-order chi connectivity index (χ0) is 22.1. The van der Waals surface area contributed by atoms with Crippen LogP contribution >= 0.6 is 0 Å². The average molecular weight is 427 g/mol. The van der Waals surface area contributed by atoms with Crippen LogP contribution in [0.15, 0.2) is 30.3 Å². The number of aromatic nitrogens is 2. The SMILES string of the molecule is CCCCCCCCCOc1ccc(-c2nc3cc(OC)c(OC)cc3[nH]2)cc1OC. The number of nitrogens with zero attached hydrogens (tertiary/aromatic N) is 1. The predicted octanol–water partition coefficient (Wildman–Crippen LogP) is 6.39. The van der Waals surface area contributed by atoms with Crippen molar-refractivity contribution >= 4 is 11.0 Å². The molecule has 0 unspecified atom stereocenters. The number of fused-ring (bicyclic) bond motifs is 1. The smallest absolute Gasteiger partial charge is 0.163 e. The maximum atomic E-state index is 5.98. The molecule has 0 spiro atoms. The number of hydrogen-bond donors (Lipinski definition) is 1. The minimum Gasteiger partial charge on any atom is -0.493 e. The molecule has 2 aromatic carbocycles. The van der Waals surface area contributed by atoms with Gasteiger partial charge in [0.25, 0.3) is 0 Å². The van der Waals surface area contributed by atoms with Crippen LogP contribution in [-0.2, 0) is 0 Å². The number of aromatic amines is 1. The Hall–Kier alpha value is -2.89. The third-order valence-corrected chi connectivity index (χ3v) is 5.43. The number of hydrogen-bond acceptors (Lipinski definition) is 5. The van der Waals surface area contributed by atoms with Gasteiger partial charge in [-0.1, -0.05) is 45.4 Å². The van der Waals surface area contributed by atoms with Crippen molar-refractivity contribution in [3.63, 3.8) is 0 Å². The minimum atomic E-state index is 0.653. The highest BCUT2D eigenvalue weighted by Crippen LogP contribution is 2.35. The van der Waals surface area contributed by atoms with Gasteiger partial charge in [0.05, 0.1) is 39.0 Å². The molecule has 0 saturated heterocycles. The molecule has 1 N–H and O–H groups in total. The van der Waals surface area contributed by atoms with E-state index in [0.717, 1.165) is 34.6 Å². The van der Waals surface area contributed by atoms with Gasteiger partial charge in [0, 0.05) is 17.7 Å². The molecule has 168 valence electrons. The number of unbranched alkanes of at least 4 members (excludes halogenated alkanes) is 6. The first-order valence-electron chi connectivity index (χ1n) is 11.1. The van der Waals surface area contributed by atoms with E-state index in [0.29, 0.717) is 23.9 Å². The average Bonchev–Trinajstić information content (AvgIpc) is 3.22. The number of methoxy groups -OCH3 is 3. The normalized spacial score (nSPS) is 11.0. The van der Waals surface area contributed by atoms with Crippen molar-refractivity contribution in [3.05, 3.63) is 30.3 Å². The molecule has 0 aliphatic rings. The third kappa shape index (κ3) is 5.84. The van der Waals surface area contributed by atoms with Crippen LogP contribution in [0.25, 0.3) is 22.4 Å². The molecule has 0 fully saturated rings. The number of benzene rings is 2. The van der Waals surface area contributed by atoms with E-state index in [1.807, 2.05) is 30.3 Å². The van der Waals surface area contributed by atoms with Gasteiger partial charge in [0.15, 0.2) is 23.0 Å². The second-order valence-corrected chi connectivity index (χ2v) is 7.65. The van der Waals surface area contributed by atoms with E-state index in [4.69, 9.17) is 23.9 Å². The van der Waals surface area contributed by atoms with Crippen LogP contribution in [0.4, 0.5) is 0 Å². The van der Waals surface area contributed by atoms with Crippen molar-refractivity contribution in [1.82, 2.24) is 9.97 Å². The fourth-order valence-corrected chi connectivity index (χ4v) is 3.65. The molecule has 1 aromatic heterocycles. The van der Waals surface area contributed by atoms with Gasteiger partial charge in [-0.05, 0) is 24.6 Å². The molecule has 0 aliphatic carbocycles. The van der Waals surface area contributed by atoms with Crippen molar-refractivity contribution < 1.29 is 18.9 Å². The maximum Gasteiger partial charge on any atom is 0.163 e. The van der Waals surface area contributed by atoms with Gasteiger partial charge in [-0.25, -0.2) is 4.98 Å². The van der Waals surface area contributed by atoms with Crippen molar-refractivity contribution in [2.75, 3.05) is 27.9 Å². The highest BCUT2D eigenvalue weighted by molar-refractivity contribution is 5.83. The maximum absolute atomic E-state index is 5.98. The lowest BCUT2D eigenvalue weighted by molar-refractivity contribution is 0.284. The van der Waals surface area contributed by atoms with Crippen LogP contribution in [-0.4, -0.2) is 37.9 Å². The van der Waals surface area contributed by atoms with Gasteiger partial charge in [-0.15, -0.1) is 0 Å². The molecular formula is C25H34N2O4. The summed E-state index contributed by atoms with van der Waals surface area (Å²) in [6, 6.07) is 9.65. The molecule has 1 heterocycles. The molecule has 0 saturated carbocycles. The lowest BCUT2D eigenvalue weighted by Crippen LogP contribution is -1.99. The summed E-state index contributed by atoms with van der Waals surface area (Å²) in [4.78, 5) is 8.05. The topological polar surface area (TPSA) is 65.6 Å². The number of ether oxygens (including phenoxy) is 4. The Morgan fingerprint density at radius 2 is 1.39 bits per heavy atom. The molecule has 0 radical (unpaired) electrons. The van der Waals surface area contributed by atoms with Gasteiger partial charge in [0.1, 0.15) is 5.82 Å². The summed E-state index contributed by atoms with van der Waals surface area (Å²) in [5, 5.41) is 0. The van der Waals surface area contributed by atoms with Crippen molar-refractivity contribution in [3.8, 4) is 34.4 Å². The van der Waals surface area contributed by atoms with Crippen LogP contribution in [0.3, 0.4) is 0 Å². The van der Waals surface area contributed by atoms with Crippen LogP contribution < -0.4 is 18.9 Å². The van der Waals surface area contributed by atoms with Gasteiger partial charge < -0.3 is 23.9 Å². The zero-order valence-corrected chi connectivity index (χ0v) is 19.1. The lowest BCUT2D eigenvalue weighted by atomic mass is 10.1. The van der Waals surface area contributed by atoms with Crippen LogP contribution in [0.2, 0.25) is 0 Å². The standard InChI is InChI=1S/C25H34N2O4/c1-5-6-7-8-9-10-11-14-31-21-13-12-18(15-22(21)28-2)25-26-19-16-23(29-3)24(30-4)17-20(19)27-25/h12-13,15-17H,5-11,14H2,1-4H3,(H,26,27). The van der Waals surface area contributed by atoms with Gasteiger partial charge in [-0.2, -0.15) is 0 Å². The largest absolute Gasteiger partial charge is 0.493 e. The number of nitrogens with one attached hydrogen (secondary N) is 1.